The van der Waals surface area contributed by atoms with Crippen molar-refractivity contribution in [1.29, 1.82) is 0 Å². The Morgan fingerprint density at radius 2 is 1.95 bits per heavy atom. The van der Waals surface area contributed by atoms with Crippen molar-refractivity contribution in [2.24, 2.45) is 0 Å². The molecule has 0 atom stereocenters. The minimum atomic E-state index is -0.0934. The average Bonchev–Trinajstić information content (AvgIpc) is 2.48. The van der Waals surface area contributed by atoms with E-state index in [1.54, 1.807) is 13.2 Å². The van der Waals surface area contributed by atoms with Crippen LogP contribution in [0.1, 0.15) is 11.1 Å². The van der Waals surface area contributed by atoms with Gasteiger partial charge >= 0.3 is 0 Å². The number of hydrogen-bond acceptors (Lipinski definition) is 3. The molecule has 2 aromatic carbocycles. The number of hydrogen-bond donors (Lipinski definition) is 2. The third-order valence-electron chi connectivity index (χ3n) is 3.19. The van der Waals surface area contributed by atoms with Crippen molar-refractivity contribution in [3.63, 3.8) is 0 Å². The van der Waals surface area contributed by atoms with Gasteiger partial charge in [-0.2, -0.15) is 0 Å². The van der Waals surface area contributed by atoms with Crippen LogP contribution in [0.4, 0.5) is 11.4 Å². The van der Waals surface area contributed by atoms with Crippen LogP contribution in [0.2, 0.25) is 0 Å². The van der Waals surface area contributed by atoms with Gasteiger partial charge in [-0.1, -0.05) is 18.2 Å². The second-order valence-corrected chi connectivity index (χ2v) is 4.95. The fourth-order valence-electron chi connectivity index (χ4n) is 2.01. The molecule has 0 aliphatic rings. The number of aryl methyl sites for hydroxylation is 2. The van der Waals surface area contributed by atoms with Crippen LogP contribution in [0.25, 0.3) is 0 Å². The number of benzene rings is 2. The van der Waals surface area contributed by atoms with Crippen LogP contribution in [0.3, 0.4) is 0 Å². The lowest BCUT2D eigenvalue weighted by Gasteiger charge is -2.11. The van der Waals surface area contributed by atoms with Crippen molar-refractivity contribution in [2.75, 3.05) is 24.3 Å². The van der Waals surface area contributed by atoms with E-state index in [0.29, 0.717) is 0 Å². The van der Waals surface area contributed by atoms with Gasteiger partial charge in [-0.05, 0) is 43.2 Å². The monoisotopic (exact) mass is 284 g/mol. The summed E-state index contributed by atoms with van der Waals surface area (Å²) in [5, 5.41) is 6.00. The molecule has 2 rings (SSSR count). The molecule has 4 heteroatoms. The van der Waals surface area contributed by atoms with E-state index in [0.717, 1.165) is 28.3 Å². The van der Waals surface area contributed by atoms with Crippen molar-refractivity contribution in [1.82, 2.24) is 0 Å². The maximum absolute atomic E-state index is 12.0. The van der Waals surface area contributed by atoms with Gasteiger partial charge in [-0.3, -0.25) is 4.79 Å². The molecule has 4 nitrogen and oxygen atoms in total. The third kappa shape index (κ3) is 4.24. The summed E-state index contributed by atoms with van der Waals surface area (Å²) in [7, 11) is 1.60. The normalized spacial score (nSPS) is 10.0. The van der Waals surface area contributed by atoms with Crippen molar-refractivity contribution in [3.8, 4) is 5.75 Å². The minimum absolute atomic E-state index is 0.0934. The van der Waals surface area contributed by atoms with E-state index in [2.05, 4.69) is 16.7 Å². The third-order valence-corrected chi connectivity index (χ3v) is 3.19. The molecule has 0 fully saturated rings. The van der Waals surface area contributed by atoms with Crippen molar-refractivity contribution < 1.29 is 9.53 Å². The van der Waals surface area contributed by atoms with Gasteiger partial charge in [0.05, 0.1) is 13.7 Å². The standard InChI is InChI=1S/C17H20N2O2/c1-12-7-8-13(2)16(9-12)18-11-17(20)19-14-5-4-6-15(10-14)21-3/h4-10,18H,11H2,1-3H3,(H,19,20). The Hall–Kier alpha value is -2.49. The lowest BCUT2D eigenvalue weighted by molar-refractivity contribution is -0.114. The van der Waals surface area contributed by atoms with Gasteiger partial charge in [0.15, 0.2) is 0 Å². The van der Waals surface area contributed by atoms with E-state index < -0.39 is 0 Å². The first-order valence-electron chi connectivity index (χ1n) is 6.83. The number of ether oxygens (including phenoxy) is 1. The van der Waals surface area contributed by atoms with Crippen LogP contribution in [0, 0.1) is 13.8 Å². The van der Waals surface area contributed by atoms with Crippen LogP contribution < -0.4 is 15.4 Å². The minimum Gasteiger partial charge on any atom is -0.497 e. The maximum atomic E-state index is 12.0. The molecule has 0 spiro atoms. The van der Waals surface area contributed by atoms with Crippen molar-refractivity contribution in [2.45, 2.75) is 13.8 Å². The second-order valence-electron chi connectivity index (χ2n) is 4.95. The lowest BCUT2D eigenvalue weighted by atomic mass is 10.1. The largest absolute Gasteiger partial charge is 0.497 e. The van der Waals surface area contributed by atoms with Gasteiger partial charge < -0.3 is 15.4 Å². The quantitative estimate of drug-likeness (QED) is 0.885. The summed E-state index contributed by atoms with van der Waals surface area (Å²) >= 11 is 0. The summed E-state index contributed by atoms with van der Waals surface area (Å²) in [6, 6.07) is 13.4. The first-order chi connectivity index (χ1) is 10.1. The summed E-state index contributed by atoms with van der Waals surface area (Å²) in [6.07, 6.45) is 0. The fourth-order valence-corrected chi connectivity index (χ4v) is 2.01. The van der Waals surface area contributed by atoms with Crippen LogP contribution in [-0.4, -0.2) is 19.6 Å². The van der Waals surface area contributed by atoms with E-state index in [1.807, 2.05) is 44.2 Å². The molecule has 21 heavy (non-hydrogen) atoms. The molecule has 2 aromatic rings. The number of nitrogens with one attached hydrogen (secondary N) is 2. The Morgan fingerprint density at radius 3 is 2.71 bits per heavy atom. The molecular weight excluding hydrogens is 264 g/mol. The Morgan fingerprint density at radius 1 is 1.14 bits per heavy atom. The topological polar surface area (TPSA) is 50.4 Å². The number of rotatable bonds is 5. The summed E-state index contributed by atoms with van der Waals surface area (Å²) < 4.78 is 5.13. The molecule has 0 bridgehead atoms. The lowest BCUT2D eigenvalue weighted by Crippen LogP contribution is -2.22. The zero-order chi connectivity index (χ0) is 15.2. The first-order valence-corrected chi connectivity index (χ1v) is 6.83. The Balaban J connectivity index is 1.94. The zero-order valence-corrected chi connectivity index (χ0v) is 12.6. The zero-order valence-electron chi connectivity index (χ0n) is 12.6. The molecule has 0 unspecified atom stereocenters. The number of amides is 1. The molecule has 0 heterocycles. The maximum Gasteiger partial charge on any atom is 0.243 e. The van der Waals surface area contributed by atoms with E-state index in [-0.39, 0.29) is 12.5 Å². The molecule has 0 aliphatic heterocycles. The Labute approximate surface area is 125 Å². The fraction of sp³-hybridized carbons (Fsp3) is 0.235. The van der Waals surface area contributed by atoms with Gasteiger partial charge in [0, 0.05) is 17.4 Å². The SMILES string of the molecule is COc1cccc(NC(=O)CNc2cc(C)ccc2C)c1. The van der Waals surface area contributed by atoms with Gasteiger partial charge in [0.25, 0.3) is 0 Å². The molecule has 0 saturated heterocycles. The highest BCUT2D eigenvalue weighted by Gasteiger charge is 2.05. The highest BCUT2D eigenvalue weighted by atomic mass is 16.5. The van der Waals surface area contributed by atoms with Crippen LogP contribution >= 0.6 is 0 Å². The summed E-state index contributed by atoms with van der Waals surface area (Å²) in [5.74, 6) is 0.624. The van der Waals surface area contributed by atoms with E-state index in [4.69, 9.17) is 4.74 Å². The summed E-state index contributed by atoms with van der Waals surface area (Å²) in [5.41, 5.74) is 3.99. The Kier molecular flexibility index (Phi) is 4.82. The summed E-state index contributed by atoms with van der Waals surface area (Å²) in [6.45, 7) is 4.27. The van der Waals surface area contributed by atoms with Gasteiger partial charge in [0.2, 0.25) is 5.91 Å². The first kappa shape index (κ1) is 14.9. The molecule has 0 aliphatic carbocycles. The smallest absolute Gasteiger partial charge is 0.243 e. The molecule has 110 valence electrons. The van der Waals surface area contributed by atoms with Gasteiger partial charge in [0.1, 0.15) is 5.75 Å². The van der Waals surface area contributed by atoms with Crippen LogP contribution in [0.15, 0.2) is 42.5 Å². The van der Waals surface area contributed by atoms with Crippen molar-refractivity contribution in [3.05, 3.63) is 53.6 Å². The predicted molar refractivity (Wildman–Crippen MR) is 86.0 cm³/mol. The summed E-state index contributed by atoms with van der Waals surface area (Å²) in [4.78, 5) is 12.0. The Bertz CT molecular complexity index is 638. The molecule has 0 aromatic heterocycles. The average molecular weight is 284 g/mol. The second kappa shape index (κ2) is 6.79. The molecule has 0 saturated carbocycles. The van der Waals surface area contributed by atoms with Gasteiger partial charge in [-0.15, -0.1) is 0 Å². The molecule has 2 N–H and O–H groups in total. The molecule has 1 amide bonds. The number of carbonyl (C=O) groups is 1. The molecular formula is C17H20N2O2. The van der Waals surface area contributed by atoms with Gasteiger partial charge in [-0.25, -0.2) is 0 Å². The number of methoxy groups -OCH3 is 1. The number of carbonyl (C=O) groups excluding carboxylic acids is 1. The number of anilines is 2. The van der Waals surface area contributed by atoms with E-state index >= 15 is 0 Å². The van der Waals surface area contributed by atoms with Crippen LogP contribution in [0.5, 0.6) is 5.75 Å². The molecule has 0 radical (unpaired) electrons. The van der Waals surface area contributed by atoms with Crippen LogP contribution in [-0.2, 0) is 4.79 Å². The highest BCUT2D eigenvalue weighted by molar-refractivity contribution is 5.94. The predicted octanol–water partition coefficient (Wildman–Crippen LogP) is 3.36. The van der Waals surface area contributed by atoms with E-state index in [9.17, 15) is 4.79 Å². The van der Waals surface area contributed by atoms with E-state index in [1.165, 1.54) is 0 Å². The highest BCUT2D eigenvalue weighted by Crippen LogP contribution is 2.18. The van der Waals surface area contributed by atoms with Crippen molar-refractivity contribution >= 4 is 17.3 Å².